The molecule has 0 spiro atoms. The van der Waals surface area contributed by atoms with Crippen LogP contribution in [-0.4, -0.2) is 24.2 Å². The van der Waals surface area contributed by atoms with Gasteiger partial charge in [0.15, 0.2) is 0 Å². The Kier molecular flexibility index (Phi) is 7.38. The molecule has 0 aromatic heterocycles. The van der Waals surface area contributed by atoms with E-state index in [1.807, 2.05) is 0 Å². The summed E-state index contributed by atoms with van der Waals surface area (Å²) in [5, 5.41) is 0. The molecule has 1 rings (SSSR count). The van der Waals surface area contributed by atoms with E-state index in [-0.39, 0.29) is 0 Å². The van der Waals surface area contributed by atoms with Gasteiger partial charge in [-0.3, -0.25) is 0 Å². The van der Waals surface area contributed by atoms with Crippen molar-refractivity contribution in [3.8, 4) is 0 Å². The molecule has 0 unspecified atom stereocenters. The van der Waals surface area contributed by atoms with Gasteiger partial charge in [-0.05, 0) is 50.2 Å². The van der Waals surface area contributed by atoms with Gasteiger partial charge in [0.05, 0.1) is 0 Å². The maximum atomic E-state index is 4.23. The van der Waals surface area contributed by atoms with Gasteiger partial charge >= 0.3 is 0 Å². The van der Waals surface area contributed by atoms with Crippen LogP contribution >= 0.6 is 12.6 Å². The highest BCUT2D eigenvalue weighted by atomic mass is 32.1. The number of aryl methyl sites for hydroxylation is 1. The second-order valence-corrected chi connectivity index (χ2v) is 5.25. The van der Waals surface area contributed by atoms with Gasteiger partial charge in [0.25, 0.3) is 0 Å². The Morgan fingerprint density at radius 1 is 1.06 bits per heavy atom. The lowest BCUT2D eigenvalue weighted by Crippen LogP contribution is -2.19. The molecule has 1 aromatic carbocycles. The molecule has 1 aromatic rings. The minimum absolute atomic E-state index is 1.03. The van der Waals surface area contributed by atoms with Crippen molar-refractivity contribution in [2.75, 3.05) is 19.3 Å². The summed E-state index contributed by atoms with van der Waals surface area (Å²) >= 11 is 4.23. The zero-order chi connectivity index (χ0) is 12.5. The average molecular weight is 251 g/mol. The summed E-state index contributed by atoms with van der Waals surface area (Å²) in [6, 6.07) is 8.65. The molecule has 0 heterocycles. The smallest absolute Gasteiger partial charge is 0.0233 e. The zero-order valence-corrected chi connectivity index (χ0v) is 12.0. The molecule has 0 N–H and O–H groups in total. The molecule has 0 fully saturated rings. The highest BCUT2D eigenvalue weighted by molar-refractivity contribution is 7.80. The van der Waals surface area contributed by atoms with Crippen LogP contribution in [0.25, 0.3) is 0 Å². The maximum absolute atomic E-state index is 4.23. The Balaban J connectivity index is 2.21. The molecule has 1 nitrogen and oxygen atoms in total. The van der Waals surface area contributed by atoms with Crippen molar-refractivity contribution in [3.63, 3.8) is 0 Å². The lowest BCUT2D eigenvalue weighted by atomic mass is 10.1. The Labute approximate surface area is 112 Å². The fourth-order valence-corrected chi connectivity index (χ4v) is 2.23. The van der Waals surface area contributed by atoms with Crippen molar-refractivity contribution in [1.82, 2.24) is 4.90 Å². The van der Waals surface area contributed by atoms with Crippen molar-refractivity contribution in [2.45, 2.75) is 39.2 Å². The minimum Gasteiger partial charge on any atom is -0.302 e. The second-order valence-electron chi connectivity index (χ2n) is 4.80. The van der Waals surface area contributed by atoms with E-state index < -0.39 is 0 Å². The molecule has 0 atom stereocenters. The summed E-state index contributed by atoms with van der Waals surface area (Å²) < 4.78 is 0. The van der Waals surface area contributed by atoms with Crippen LogP contribution in [0.2, 0.25) is 0 Å². The van der Waals surface area contributed by atoms with Crippen LogP contribution < -0.4 is 0 Å². The van der Waals surface area contributed by atoms with Crippen LogP contribution in [0.4, 0.5) is 0 Å². The maximum Gasteiger partial charge on any atom is 0.0233 e. The van der Waals surface area contributed by atoms with Crippen molar-refractivity contribution >= 4 is 12.6 Å². The second kappa shape index (κ2) is 8.60. The fraction of sp³-hybridized carbons (Fsp3) is 0.600. The van der Waals surface area contributed by atoms with Gasteiger partial charge in [0.1, 0.15) is 0 Å². The van der Waals surface area contributed by atoms with Gasteiger partial charge in [0.2, 0.25) is 0 Å². The number of benzene rings is 1. The van der Waals surface area contributed by atoms with Gasteiger partial charge < -0.3 is 4.90 Å². The third-order valence-electron chi connectivity index (χ3n) is 3.15. The third kappa shape index (κ3) is 6.13. The van der Waals surface area contributed by atoms with Crippen molar-refractivity contribution in [3.05, 3.63) is 35.4 Å². The molecule has 0 aliphatic rings. The molecular weight excluding hydrogens is 226 g/mol. The molecule has 2 heteroatoms. The molecule has 0 radical (unpaired) electrons. The van der Waals surface area contributed by atoms with Crippen molar-refractivity contribution < 1.29 is 0 Å². The van der Waals surface area contributed by atoms with E-state index in [2.05, 4.69) is 55.8 Å². The molecule has 0 aliphatic carbocycles. The van der Waals surface area contributed by atoms with Gasteiger partial charge in [0, 0.05) is 6.54 Å². The first-order valence-electron chi connectivity index (χ1n) is 6.58. The summed E-state index contributed by atoms with van der Waals surface area (Å²) in [5.41, 5.74) is 2.85. The van der Waals surface area contributed by atoms with Crippen LogP contribution in [0.15, 0.2) is 24.3 Å². The first kappa shape index (κ1) is 14.6. The van der Waals surface area contributed by atoms with E-state index in [9.17, 15) is 0 Å². The SMILES string of the molecule is Cc1ccccc1CN(C)CCCCCCS. The van der Waals surface area contributed by atoms with E-state index >= 15 is 0 Å². The van der Waals surface area contributed by atoms with E-state index in [0.29, 0.717) is 0 Å². The van der Waals surface area contributed by atoms with Gasteiger partial charge in [-0.25, -0.2) is 0 Å². The van der Waals surface area contributed by atoms with E-state index in [4.69, 9.17) is 0 Å². The van der Waals surface area contributed by atoms with Crippen LogP contribution in [0.5, 0.6) is 0 Å². The number of unbranched alkanes of at least 4 members (excludes halogenated alkanes) is 3. The summed E-state index contributed by atoms with van der Waals surface area (Å²) in [7, 11) is 2.21. The highest BCUT2D eigenvalue weighted by Gasteiger charge is 2.02. The minimum atomic E-state index is 1.03. The monoisotopic (exact) mass is 251 g/mol. The number of nitrogens with zero attached hydrogens (tertiary/aromatic N) is 1. The Morgan fingerprint density at radius 2 is 1.76 bits per heavy atom. The van der Waals surface area contributed by atoms with Crippen molar-refractivity contribution in [1.29, 1.82) is 0 Å². The number of hydrogen-bond donors (Lipinski definition) is 1. The molecule has 0 bridgehead atoms. The lowest BCUT2D eigenvalue weighted by molar-refractivity contribution is 0.316. The van der Waals surface area contributed by atoms with Gasteiger partial charge in [-0.15, -0.1) is 0 Å². The van der Waals surface area contributed by atoms with E-state index in [1.54, 1.807) is 0 Å². The molecule has 0 aliphatic heterocycles. The van der Waals surface area contributed by atoms with E-state index in [0.717, 1.165) is 12.3 Å². The summed E-state index contributed by atoms with van der Waals surface area (Å²) in [4.78, 5) is 2.42. The first-order chi connectivity index (χ1) is 8.24. The Bertz CT molecular complexity index is 312. The molecular formula is C15H25NS. The molecule has 96 valence electrons. The Morgan fingerprint density at radius 3 is 2.47 bits per heavy atom. The number of rotatable bonds is 8. The largest absolute Gasteiger partial charge is 0.302 e. The van der Waals surface area contributed by atoms with E-state index in [1.165, 1.54) is 43.4 Å². The summed E-state index contributed by atoms with van der Waals surface area (Å²) in [6.45, 7) is 4.45. The first-order valence-corrected chi connectivity index (χ1v) is 7.21. The van der Waals surface area contributed by atoms with Crippen LogP contribution in [-0.2, 0) is 6.54 Å². The predicted octanol–water partition coefficient (Wildman–Crippen LogP) is 3.92. The standard InChI is InChI=1S/C15H25NS/c1-14-9-5-6-10-15(14)13-16(2)11-7-3-4-8-12-17/h5-6,9-10,17H,3-4,7-8,11-13H2,1-2H3. The third-order valence-corrected chi connectivity index (χ3v) is 3.47. The highest BCUT2D eigenvalue weighted by Crippen LogP contribution is 2.10. The topological polar surface area (TPSA) is 3.24 Å². The van der Waals surface area contributed by atoms with Gasteiger partial charge in [-0.2, -0.15) is 12.6 Å². The van der Waals surface area contributed by atoms with Gasteiger partial charge in [-0.1, -0.05) is 37.1 Å². The normalized spacial score (nSPS) is 11.1. The van der Waals surface area contributed by atoms with Crippen molar-refractivity contribution in [2.24, 2.45) is 0 Å². The molecule has 0 saturated carbocycles. The summed E-state index contributed by atoms with van der Waals surface area (Å²) in [5.74, 6) is 1.03. The summed E-state index contributed by atoms with van der Waals surface area (Å²) in [6.07, 6.45) is 5.21. The van der Waals surface area contributed by atoms with Crippen LogP contribution in [0, 0.1) is 6.92 Å². The quantitative estimate of drug-likeness (QED) is 0.541. The fourth-order valence-electron chi connectivity index (χ4n) is 2.00. The average Bonchev–Trinajstić information content (AvgIpc) is 2.32. The number of thiol groups is 1. The molecule has 17 heavy (non-hydrogen) atoms. The molecule has 0 saturated heterocycles. The number of hydrogen-bond acceptors (Lipinski definition) is 2. The zero-order valence-electron chi connectivity index (χ0n) is 11.2. The molecule has 0 amide bonds. The predicted molar refractivity (Wildman–Crippen MR) is 79.8 cm³/mol. The van der Waals surface area contributed by atoms with Crippen LogP contribution in [0.1, 0.15) is 36.8 Å². The lowest BCUT2D eigenvalue weighted by Gasteiger charge is -2.17. The van der Waals surface area contributed by atoms with Crippen LogP contribution in [0.3, 0.4) is 0 Å². The Hall–Kier alpha value is -0.470.